The van der Waals surface area contributed by atoms with Crippen LogP contribution >= 0.6 is 0 Å². The number of nitrogens with two attached hydrogens (primary N) is 1. The number of methoxy groups -OCH3 is 2. The number of aryl methyl sites for hydroxylation is 1. The summed E-state index contributed by atoms with van der Waals surface area (Å²) < 4.78 is 12.5. The fourth-order valence-electron chi connectivity index (χ4n) is 2.74. The molecule has 3 aromatic rings. The van der Waals surface area contributed by atoms with E-state index in [1.807, 2.05) is 47.0 Å². The monoisotopic (exact) mass is 368 g/mol. The summed E-state index contributed by atoms with van der Waals surface area (Å²) in [6, 6.07) is 11.5. The number of nitrogens with zero attached hydrogens (tertiary/aromatic N) is 4. The molecule has 3 rings (SSSR count). The van der Waals surface area contributed by atoms with Crippen molar-refractivity contribution in [2.24, 2.45) is 10.7 Å². The molecule has 0 saturated heterocycles. The highest BCUT2D eigenvalue weighted by Crippen LogP contribution is 2.27. The predicted molar refractivity (Wildman–Crippen MR) is 104 cm³/mol. The largest absolute Gasteiger partial charge is 0.493 e. The Labute approximate surface area is 158 Å². The molecule has 0 aliphatic heterocycles. The van der Waals surface area contributed by atoms with Gasteiger partial charge in [0.05, 0.1) is 20.8 Å². The minimum Gasteiger partial charge on any atom is -0.493 e. The number of hydrogen-bond acceptors (Lipinski definition) is 5. The van der Waals surface area contributed by atoms with E-state index in [4.69, 9.17) is 15.2 Å². The van der Waals surface area contributed by atoms with Crippen molar-refractivity contribution in [2.75, 3.05) is 20.8 Å². The van der Waals surface area contributed by atoms with Crippen LogP contribution in [0.15, 0.2) is 47.6 Å². The number of pyridine rings is 1. The molecule has 0 aliphatic carbocycles. The number of guanidine groups is 1. The van der Waals surface area contributed by atoms with Crippen molar-refractivity contribution >= 4 is 11.6 Å². The molecule has 8 nitrogen and oxygen atoms in total. The summed E-state index contributed by atoms with van der Waals surface area (Å²) in [4.78, 5) is 4.36. The van der Waals surface area contributed by atoms with Crippen LogP contribution in [0.25, 0.3) is 5.65 Å². The second-order valence-electron chi connectivity index (χ2n) is 5.97. The smallest absolute Gasteiger partial charge is 0.188 e. The molecular formula is C19H24N6O2. The molecule has 2 aromatic heterocycles. The molecule has 3 N–H and O–H groups in total. The molecule has 0 aliphatic rings. The molecule has 0 bridgehead atoms. The highest BCUT2D eigenvalue weighted by molar-refractivity contribution is 5.77. The normalized spacial score (nSPS) is 11.6. The van der Waals surface area contributed by atoms with Crippen LogP contribution in [0.1, 0.15) is 17.8 Å². The van der Waals surface area contributed by atoms with Crippen LogP contribution in [-0.4, -0.2) is 41.3 Å². The average Bonchev–Trinajstić information content (AvgIpc) is 3.12. The van der Waals surface area contributed by atoms with Crippen molar-refractivity contribution in [3.8, 4) is 11.5 Å². The summed E-state index contributed by atoms with van der Waals surface area (Å²) >= 11 is 0. The molecule has 0 unspecified atom stereocenters. The zero-order valence-corrected chi connectivity index (χ0v) is 15.6. The van der Waals surface area contributed by atoms with E-state index >= 15 is 0 Å². The summed E-state index contributed by atoms with van der Waals surface area (Å²) in [5, 5.41) is 11.5. The topological polar surface area (TPSA) is 99.1 Å². The molecule has 0 fully saturated rings. The van der Waals surface area contributed by atoms with Gasteiger partial charge >= 0.3 is 0 Å². The van der Waals surface area contributed by atoms with E-state index in [0.717, 1.165) is 29.9 Å². The summed E-state index contributed by atoms with van der Waals surface area (Å²) in [6.45, 7) is 1.18. The number of benzene rings is 1. The van der Waals surface area contributed by atoms with E-state index in [1.54, 1.807) is 14.2 Å². The van der Waals surface area contributed by atoms with Gasteiger partial charge in [0.2, 0.25) is 0 Å². The standard InChI is InChI=1S/C19H24N6O2/c1-26-15-9-8-14(12-16(15)27-2)13-22-19(20)21-10-5-7-18-24-23-17-6-3-4-11-25(17)18/h3-4,6,8-9,11-12H,5,7,10,13H2,1-2H3,(H3,20,21,22). The predicted octanol–water partition coefficient (Wildman–Crippen LogP) is 1.78. The number of aliphatic imine (C=N–C) groups is 1. The van der Waals surface area contributed by atoms with Gasteiger partial charge in [-0.15, -0.1) is 10.2 Å². The van der Waals surface area contributed by atoms with E-state index < -0.39 is 0 Å². The van der Waals surface area contributed by atoms with Gasteiger partial charge in [0.15, 0.2) is 23.1 Å². The number of rotatable bonds is 8. The Morgan fingerprint density at radius 2 is 2.00 bits per heavy atom. The van der Waals surface area contributed by atoms with E-state index in [-0.39, 0.29) is 0 Å². The van der Waals surface area contributed by atoms with Crippen LogP contribution in [0.2, 0.25) is 0 Å². The number of fused-ring (bicyclic) bond motifs is 1. The number of nitrogens with one attached hydrogen (secondary N) is 1. The third kappa shape index (κ3) is 4.66. The zero-order chi connectivity index (χ0) is 19.1. The van der Waals surface area contributed by atoms with Crippen molar-refractivity contribution in [1.82, 2.24) is 19.9 Å². The minimum atomic E-state index is 0.413. The molecule has 142 valence electrons. The lowest BCUT2D eigenvalue weighted by atomic mass is 10.2. The average molecular weight is 368 g/mol. The first-order valence-electron chi connectivity index (χ1n) is 8.74. The first-order valence-corrected chi connectivity index (χ1v) is 8.74. The van der Waals surface area contributed by atoms with Gasteiger partial charge in [0.1, 0.15) is 5.82 Å². The molecule has 1 aromatic carbocycles. The maximum absolute atomic E-state index is 5.95. The summed E-state index contributed by atoms with van der Waals surface area (Å²) in [7, 11) is 3.22. The van der Waals surface area contributed by atoms with E-state index in [1.165, 1.54) is 0 Å². The van der Waals surface area contributed by atoms with Gasteiger partial charge in [-0.3, -0.25) is 4.40 Å². The Kier molecular flexibility index (Phi) is 6.09. The van der Waals surface area contributed by atoms with Crippen molar-refractivity contribution in [3.05, 3.63) is 54.0 Å². The highest BCUT2D eigenvalue weighted by Gasteiger charge is 2.05. The minimum absolute atomic E-state index is 0.413. The van der Waals surface area contributed by atoms with Crippen LogP contribution in [0.5, 0.6) is 11.5 Å². The fraction of sp³-hybridized carbons (Fsp3) is 0.316. The Bertz CT molecular complexity index is 921. The van der Waals surface area contributed by atoms with Crippen LogP contribution < -0.4 is 20.5 Å². The quantitative estimate of drug-likeness (QED) is 0.357. The van der Waals surface area contributed by atoms with E-state index in [2.05, 4.69) is 20.5 Å². The molecular weight excluding hydrogens is 344 g/mol. The van der Waals surface area contributed by atoms with Crippen LogP contribution in [0, 0.1) is 0 Å². The lowest BCUT2D eigenvalue weighted by molar-refractivity contribution is 0.354. The van der Waals surface area contributed by atoms with Gasteiger partial charge in [-0.05, 0) is 36.2 Å². The SMILES string of the molecule is COc1ccc(CN=C(N)NCCCc2nnc3ccccn23)cc1OC. The van der Waals surface area contributed by atoms with Gasteiger partial charge in [-0.1, -0.05) is 12.1 Å². The van der Waals surface area contributed by atoms with E-state index in [9.17, 15) is 0 Å². The third-order valence-corrected chi connectivity index (χ3v) is 4.15. The Morgan fingerprint density at radius 1 is 1.15 bits per heavy atom. The van der Waals surface area contributed by atoms with Gasteiger partial charge in [0.25, 0.3) is 0 Å². The summed E-state index contributed by atoms with van der Waals surface area (Å²) in [5.41, 5.74) is 7.80. The number of hydrogen-bond donors (Lipinski definition) is 2. The van der Waals surface area contributed by atoms with Gasteiger partial charge in [-0.25, -0.2) is 4.99 Å². The Hall–Kier alpha value is -3.29. The third-order valence-electron chi connectivity index (χ3n) is 4.15. The molecule has 0 saturated carbocycles. The van der Waals surface area contributed by atoms with Gasteiger partial charge < -0.3 is 20.5 Å². The van der Waals surface area contributed by atoms with Crippen LogP contribution in [-0.2, 0) is 13.0 Å². The number of ether oxygens (including phenoxy) is 2. The molecule has 8 heteroatoms. The van der Waals surface area contributed by atoms with Crippen LogP contribution in [0.3, 0.4) is 0 Å². The second-order valence-corrected chi connectivity index (χ2v) is 5.97. The lowest BCUT2D eigenvalue weighted by Gasteiger charge is -2.09. The summed E-state index contributed by atoms with van der Waals surface area (Å²) in [5.74, 6) is 2.72. The van der Waals surface area contributed by atoms with Crippen molar-refractivity contribution in [1.29, 1.82) is 0 Å². The molecule has 0 amide bonds. The molecule has 0 spiro atoms. The Balaban J connectivity index is 1.47. The zero-order valence-electron chi connectivity index (χ0n) is 15.6. The second kappa shape index (κ2) is 8.88. The maximum Gasteiger partial charge on any atom is 0.188 e. The maximum atomic E-state index is 5.95. The lowest BCUT2D eigenvalue weighted by Crippen LogP contribution is -2.32. The van der Waals surface area contributed by atoms with Crippen molar-refractivity contribution < 1.29 is 9.47 Å². The van der Waals surface area contributed by atoms with Crippen LogP contribution in [0.4, 0.5) is 0 Å². The van der Waals surface area contributed by atoms with E-state index in [0.29, 0.717) is 30.5 Å². The highest BCUT2D eigenvalue weighted by atomic mass is 16.5. The van der Waals surface area contributed by atoms with Gasteiger partial charge in [-0.2, -0.15) is 0 Å². The molecule has 0 atom stereocenters. The number of aromatic nitrogens is 3. The fourth-order valence-corrected chi connectivity index (χ4v) is 2.74. The van der Waals surface area contributed by atoms with Gasteiger partial charge in [0, 0.05) is 19.2 Å². The molecule has 2 heterocycles. The first kappa shape index (κ1) is 18.5. The molecule has 0 radical (unpaired) electrons. The molecule has 27 heavy (non-hydrogen) atoms. The Morgan fingerprint density at radius 3 is 2.81 bits per heavy atom. The first-order chi connectivity index (χ1) is 13.2. The summed E-state index contributed by atoms with van der Waals surface area (Å²) in [6.07, 6.45) is 3.65. The van der Waals surface area contributed by atoms with Crippen molar-refractivity contribution in [2.45, 2.75) is 19.4 Å². The van der Waals surface area contributed by atoms with Crippen molar-refractivity contribution in [3.63, 3.8) is 0 Å².